The Balaban J connectivity index is 2.21. The SMILES string of the molecule is C=CCOCCOCCOCC(=O)N(C)C(C(=O)N[C@H](C(=O)N(C)[C@@H](C(C)CC)[C@@H](CC(=O)N1CCC[C@H]1[C@H](OC)[C@@H](C)C(=O)NC(Cc1ccccc1)C(=O)OC)OC)C(C)C)C(C)C. The van der Waals surface area contributed by atoms with Crippen molar-refractivity contribution in [3.63, 3.8) is 0 Å². The van der Waals surface area contributed by atoms with E-state index in [1.807, 2.05) is 71.9 Å². The van der Waals surface area contributed by atoms with E-state index in [9.17, 15) is 28.8 Å². The highest BCUT2D eigenvalue weighted by atomic mass is 16.5. The lowest BCUT2D eigenvalue weighted by molar-refractivity contribution is -0.149. The van der Waals surface area contributed by atoms with Gasteiger partial charge in [0.2, 0.25) is 29.5 Å². The first-order valence-electron chi connectivity index (χ1n) is 23.3. The lowest BCUT2D eigenvalue weighted by atomic mass is 9.89. The van der Waals surface area contributed by atoms with Gasteiger partial charge in [-0.05, 0) is 36.2 Å². The first-order chi connectivity index (χ1) is 31.4. The van der Waals surface area contributed by atoms with Crippen molar-refractivity contribution in [2.24, 2.45) is 23.7 Å². The van der Waals surface area contributed by atoms with E-state index in [0.717, 1.165) is 5.56 Å². The Morgan fingerprint density at radius 2 is 1.47 bits per heavy atom. The summed E-state index contributed by atoms with van der Waals surface area (Å²) < 4.78 is 33.3. The van der Waals surface area contributed by atoms with Gasteiger partial charge in [0.15, 0.2) is 0 Å². The van der Waals surface area contributed by atoms with Crippen LogP contribution in [0.3, 0.4) is 0 Å². The number of likely N-dealkylation sites (N-methyl/N-ethyl adjacent to an activating group) is 2. The molecule has 0 saturated carbocycles. The molecule has 3 unspecified atom stereocenters. The minimum Gasteiger partial charge on any atom is -0.467 e. The fourth-order valence-electron chi connectivity index (χ4n) is 8.61. The first kappa shape index (κ1) is 57.7. The van der Waals surface area contributed by atoms with Gasteiger partial charge in [-0.3, -0.25) is 24.0 Å². The van der Waals surface area contributed by atoms with Crippen LogP contribution in [0.5, 0.6) is 0 Å². The maximum absolute atomic E-state index is 14.6. The number of nitrogens with zero attached hydrogens (tertiary/aromatic N) is 3. The summed E-state index contributed by atoms with van der Waals surface area (Å²) in [6.45, 7) is 18.5. The quantitative estimate of drug-likeness (QED) is 0.0626. The number of amides is 5. The number of methoxy groups -OCH3 is 3. The van der Waals surface area contributed by atoms with Crippen molar-refractivity contribution in [2.75, 3.05) is 81.6 Å². The lowest BCUT2D eigenvalue weighted by Crippen LogP contribution is -2.60. The van der Waals surface area contributed by atoms with Crippen LogP contribution in [-0.2, 0) is 63.6 Å². The molecule has 1 aromatic rings. The molecule has 1 aromatic carbocycles. The van der Waals surface area contributed by atoms with Gasteiger partial charge < -0.3 is 53.8 Å². The first-order valence-corrected chi connectivity index (χ1v) is 23.3. The summed E-state index contributed by atoms with van der Waals surface area (Å²) >= 11 is 0. The molecule has 1 aliphatic heterocycles. The monoisotopic (exact) mass is 932 g/mol. The van der Waals surface area contributed by atoms with E-state index in [1.54, 1.807) is 36.9 Å². The van der Waals surface area contributed by atoms with Crippen LogP contribution in [0.1, 0.15) is 79.7 Å². The van der Waals surface area contributed by atoms with Crippen LogP contribution in [0.15, 0.2) is 43.0 Å². The standard InChI is InChI=1S/C49H81N5O12/c1-14-24-64-25-26-65-27-28-66-31-41(56)52(9)43(33(5)6)47(58)51-42(32(3)4)48(59)53(10)44(34(7)15-2)39(61-11)30-40(55)54-23-19-22-38(54)45(62-12)35(8)46(57)50-37(49(60)63-13)29-36-20-17-16-18-21-36/h14,16-18,20-21,32-35,37-39,42-45H,1,15,19,22-31H2,2-13H3,(H,50,57)(H,51,58)/t34?,35-,37?,38+,39-,42+,43?,44+,45-/m1/s1. The number of carbonyl (C=O) groups is 6. The smallest absolute Gasteiger partial charge is 0.328 e. The Kier molecular flexibility index (Phi) is 26.3. The van der Waals surface area contributed by atoms with Crippen LogP contribution in [0.25, 0.3) is 0 Å². The number of ether oxygens (including phenoxy) is 6. The van der Waals surface area contributed by atoms with Gasteiger partial charge in [0.1, 0.15) is 24.7 Å². The summed E-state index contributed by atoms with van der Waals surface area (Å²) in [5.41, 5.74) is 0.857. The molecule has 1 aliphatic rings. The topological polar surface area (TPSA) is 192 Å². The molecule has 5 amide bonds. The average molecular weight is 932 g/mol. The van der Waals surface area contributed by atoms with Gasteiger partial charge in [0.25, 0.3) is 0 Å². The number of esters is 1. The second kappa shape index (κ2) is 30.1. The van der Waals surface area contributed by atoms with Crippen molar-refractivity contribution in [1.29, 1.82) is 0 Å². The second-order valence-corrected chi connectivity index (χ2v) is 17.8. The van der Waals surface area contributed by atoms with Crippen LogP contribution in [0.2, 0.25) is 0 Å². The van der Waals surface area contributed by atoms with Gasteiger partial charge in [0, 0.05) is 41.3 Å². The van der Waals surface area contributed by atoms with Gasteiger partial charge in [-0.15, -0.1) is 6.58 Å². The Hall–Kier alpha value is -4.42. The van der Waals surface area contributed by atoms with Crippen LogP contribution >= 0.6 is 0 Å². The molecule has 0 aromatic heterocycles. The van der Waals surface area contributed by atoms with Crippen molar-refractivity contribution in [3.05, 3.63) is 48.6 Å². The van der Waals surface area contributed by atoms with E-state index >= 15 is 0 Å². The number of rotatable bonds is 31. The average Bonchev–Trinajstić information content (AvgIpc) is 3.79. The minimum absolute atomic E-state index is 0.0580. The molecule has 0 spiro atoms. The summed E-state index contributed by atoms with van der Waals surface area (Å²) in [5, 5.41) is 5.81. The van der Waals surface area contributed by atoms with Crippen molar-refractivity contribution < 1.29 is 57.2 Å². The zero-order valence-electron chi connectivity index (χ0n) is 41.7. The Morgan fingerprint density at radius 3 is 2.03 bits per heavy atom. The predicted molar refractivity (Wildman–Crippen MR) is 251 cm³/mol. The third-order valence-electron chi connectivity index (χ3n) is 12.5. The van der Waals surface area contributed by atoms with Gasteiger partial charge >= 0.3 is 5.97 Å². The fourth-order valence-corrected chi connectivity index (χ4v) is 8.61. The highest BCUT2D eigenvalue weighted by Gasteiger charge is 2.44. The molecular weight excluding hydrogens is 851 g/mol. The number of nitrogens with one attached hydrogen (secondary N) is 2. The number of hydrogen-bond donors (Lipinski definition) is 2. The number of likely N-dealkylation sites (tertiary alicyclic amines) is 1. The molecule has 374 valence electrons. The molecule has 66 heavy (non-hydrogen) atoms. The molecule has 17 heteroatoms. The number of carbonyl (C=O) groups excluding carboxylic acids is 6. The minimum atomic E-state index is -0.958. The van der Waals surface area contributed by atoms with E-state index < -0.39 is 72.0 Å². The molecule has 2 rings (SSSR count). The normalized spacial score (nSPS) is 17.5. The third-order valence-corrected chi connectivity index (χ3v) is 12.5. The largest absolute Gasteiger partial charge is 0.467 e. The van der Waals surface area contributed by atoms with Crippen LogP contribution in [0, 0.1) is 23.7 Å². The molecular formula is C49H81N5O12. The number of benzene rings is 1. The van der Waals surface area contributed by atoms with Gasteiger partial charge in [-0.1, -0.05) is 91.3 Å². The Bertz CT molecular complexity index is 1660. The zero-order chi connectivity index (χ0) is 49.5. The van der Waals surface area contributed by atoms with E-state index in [2.05, 4.69) is 17.2 Å². The maximum atomic E-state index is 14.6. The molecule has 1 fully saturated rings. The van der Waals surface area contributed by atoms with Gasteiger partial charge in [0.05, 0.1) is 76.8 Å². The molecule has 0 radical (unpaired) electrons. The van der Waals surface area contributed by atoms with Gasteiger partial charge in [-0.25, -0.2) is 4.79 Å². The predicted octanol–water partition coefficient (Wildman–Crippen LogP) is 3.67. The highest BCUT2D eigenvalue weighted by molar-refractivity contribution is 5.92. The van der Waals surface area contributed by atoms with Crippen molar-refractivity contribution in [1.82, 2.24) is 25.3 Å². The lowest BCUT2D eigenvalue weighted by Gasteiger charge is -2.41. The summed E-state index contributed by atoms with van der Waals surface area (Å²) in [6, 6.07) is 5.55. The maximum Gasteiger partial charge on any atom is 0.328 e. The summed E-state index contributed by atoms with van der Waals surface area (Å²) in [4.78, 5) is 87.3. The highest BCUT2D eigenvalue weighted by Crippen LogP contribution is 2.30. The van der Waals surface area contributed by atoms with Crippen molar-refractivity contribution in [2.45, 2.75) is 123 Å². The van der Waals surface area contributed by atoms with Crippen molar-refractivity contribution in [3.8, 4) is 0 Å². The molecule has 2 N–H and O–H groups in total. The summed E-state index contributed by atoms with van der Waals surface area (Å²) in [6.07, 6.45) is 2.38. The number of hydrogen-bond acceptors (Lipinski definition) is 12. The third kappa shape index (κ3) is 17.3. The van der Waals surface area contributed by atoms with E-state index in [-0.39, 0.29) is 62.2 Å². The second-order valence-electron chi connectivity index (χ2n) is 17.8. The van der Waals surface area contributed by atoms with Crippen LogP contribution < -0.4 is 10.6 Å². The molecule has 1 heterocycles. The molecule has 9 atom stereocenters. The van der Waals surface area contributed by atoms with Crippen molar-refractivity contribution >= 4 is 35.5 Å². The van der Waals surface area contributed by atoms with E-state index in [1.165, 1.54) is 26.2 Å². The summed E-state index contributed by atoms with van der Waals surface area (Å²) in [7, 11) is 7.52. The molecule has 0 bridgehead atoms. The zero-order valence-corrected chi connectivity index (χ0v) is 41.7. The Morgan fingerprint density at radius 1 is 0.833 bits per heavy atom. The molecule has 0 aliphatic carbocycles. The van der Waals surface area contributed by atoms with Gasteiger partial charge in [-0.2, -0.15) is 0 Å². The Labute approximate surface area is 393 Å². The van der Waals surface area contributed by atoms with Crippen LogP contribution in [-0.4, -0.2) is 174 Å². The fraction of sp³-hybridized carbons (Fsp3) is 0.714. The molecule has 17 nitrogen and oxygen atoms in total. The van der Waals surface area contributed by atoms with Crippen LogP contribution in [0.4, 0.5) is 0 Å². The van der Waals surface area contributed by atoms with E-state index in [4.69, 9.17) is 28.4 Å². The summed E-state index contributed by atoms with van der Waals surface area (Å²) in [5.74, 6) is -3.90. The molecule has 1 saturated heterocycles. The van der Waals surface area contributed by atoms with E-state index in [0.29, 0.717) is 45.6 Å².